The third kappa shape index (κ3) is 54.9. The highest BCUT2D eigenvalue weighted by Gasteiger charge is 2.17. The van der Waals surface area contributed by atoms with E-state index in [0.29, 0.717) is 19.4 Å². The van der Waals surface area contributed by atoms with Crippen molar-refractivity contribution in [1.82, 2.24) is 0 Å². The lowest BCUT2D eigenvalue weighted by molar-refractivity contribution is -0.163. The predicted molar refractivity (Wildman–Crippen MR) is 297 cm³/mol. The molecular formula is C63H104O5. The molecule has 0 fully saturated rings. The molecular weight excluding hydrogens is 837 g/mol. The van der Waals surface area contributed by atoms with Crippen LogP contribution in [-0.2, 0) is 23.8 Å². The maximum atomic E-state index is 12.8. The van der Waals surface area contributed by atoms with Crippen molar-refractivity contribution in [2.75, 3.05) is 19.8 Å². The molecule has 0 aliphatic heterocycles. The minimum absolute atomic E-state index is 0.0400. The first-order chi connectivity index (χ1) is 33.6. The number of hydrogen-bond donors (Lipinski definition) is 0. The van der Waals surface area contributed by atoms with Gasteiger partial charge in [0.2, 0.25) is 0 Å². The highest BCUT2D eigenvalue weighted by Crippen LogP contribution is 2.15. The molecule has 0 aliphatic carbocycles. The summed E-state index contributed by atoms with van der Waals surface area (Å²) in [5.74, 6) is -0.480. The zero-order valence-electron chi connectivity index (χ0n) is 44.3. The highest BCUT2D eigenvalue weighted by atomic mass is 16.6. The Bertz CT molecular complexity index is 1390. The van der Waals surface area contributed by atoms with Gasteiger partial charge in [0.05, 0.1) is 6.61 Å². The van der Waals surface area contributed by atoms with Gasteiger partial charge < -0.3 is 14.2 Å². The van der Waals surface area contributed by atoms with Crippen LogP contribution in [0.4, 0.5) is 0 Å². The third-order valence-corrected chi connectivity index (χ3v) is 11.5. The van der Waals surface area contributed by atoms with Gasteiger partial charge >= 0.3 is 11.9 Å². The van der Waals surface area contributed by atoms with Crippen LogP contribution in [0.2, 0.25) is 0 Å². The van der Waals surface area contributed by atoms with Gasteiger partial charge in [-0.05, 0) is 103 Å². The maximum Gasteiger partial charge on any atom is 0.306 e. The first kappa shape index (κ1) is 64.3. The molecule has 0 aromatic carbocycles. The van der Waals surface area contributed by atoms with Crippen molar-refractivity contribution in [3.63, 3.8) is 0 Å². The van der Waals surface area contributed by atoms with Crippen molar-refractivity contribution >= 4 is 11.9 Å². The molecule has 68 heavy (non-hydrogen) atoms. The molecule has 0 saturated carbocycles. The Balaban J connectivity index is 4.43. The van der Waals surface area contributed by atoms with Crippen LogP contribution in [0, 0.1) is 0 Å². The average molecular weight is 942 g/mol. The van der Waals surface area contributed by atoms with E-state index in [0.717, 1.165) is 122 Å². The van der Waals surface area contributed by atoms with Crippen LogP contribution < -0.4 is 0 Å². The van der Waals surface area contributed by atoms with Crippen molar-refractivity contribution in [3.05, 3.63) is 122 Å². The summed E-state index contributed by atoms with van der Waals surface area (Å²) in [4.78, 5) is 25.5. The van der Waals surface area contributed by atoms with E-state index in [1.165, 1.54) is 83.5 Å². The molecule has 0 amide bonds. The fourth-order valence-corrected chi connectivity index (χ4v) is 7.40. The lowest BCUT2D eigenvalue weighted by Gasteiger charge is -2.18. The molecule has 0 heterocycles. The van der Waals surface area contributed by atoms with Crippen LogP contribution in [0.1, 0.15) is 239 Å². The molecule has 0 spiro atoms. The summed E-state index contributed by atoms with van der Waals surface area (Å²) in [6, 6.07) is 0. The summed E-state index contributed by atoms with van der Waals surface area (Å²) >= 11 is 0. The Labute approximate surface area is 420 Å². The van der Waals surface area contributed by atoms with E-state index in [-0.39, 0.29) is 25.2 Å². The van der Waals surface area contributed by atoms with Crippen molar-refractivity contribution in [3.8, 4) is 0 Å². The Morgan fingerprint density at radius 1 is 0.338 bits per heavy atom. The third-order valence-electron chi connectivity index (χ3n) is 11.5. The number of hydrogen-bond acceptors (Lipinski definition) is 5. The maximum absolute atomic E-state index is 12.8. The Kier molecular flexibility index (Phi) is 54.5. The van der Waals surface area contributed by atoms with Gasteiger partial charge in [-0.2, -0.15) is 0 Å². The van der Waals surface area contributed by atoms with E-state index in [2.05, 4.69) is 142 Å². The fraction of sp³-hybridized carbons (Fsp3) is 0.651. The summed E-state index contributed by atoms with van der Waals surface area (Å²) in [6.07, 6.45) is 80.8. The summed E-state index contributed by atoms with van der Waals surface area (Å²) in [5.41, 5.74) is 0. The second kappa shape index (κ2) is 57.6. The van der Waals surface area contributed by atoms with Gasteiger partial charge in [-0.25, -0.2) is 0 Å². The quantitative estimate of drug-likeness (QED) is 0.0345. The van der Waals surface area contributed by atoms with Crippen LogP contribution in [0.15, 0.2) is 122 Å². The van der Waals surface area contributed by atoms with E-state index in [1.807, 2.05) is 0 Å². The smallest absolute Gasteiger partial charge is 0.306 e. The van der Waals surface area contributed by atoms with Crippen LogP contribution in [0.3, 0.4) is 0 Å². The number of allylic oxidation sites excluding steroid dienone is 20. The number of ether oxygens (including phenoxy) is 3. The minimum Gasteiger partial charge on any atom is -0.462 e. The molecule has 1 unspecified atom stereocenters. The van der Waals surface area contributed by atoms with E-state index < -0.39 is 6.10 Å². The van der Waals surface area contributed by atoms with E-state index >= 15 is 0 Å². The summed E-state index contributed by atoms with van der Waals surface area (Å²) in [5, 5.41) is 0. The molecule has 5 heteroatoms. The first-order valence-electron chi connectivity index (χ1n) is 28.1. The minimum atomic E-state index is -0.580. The molecule has 0 aromatic heterocycles. The molecule has 0 bridgehead atoms. The fourth-order valence-electron chi connectivity index (χ4n) is 7.40. The largest absolute Gasteiger partial charge is 0.462 e. The van der Waals surface area contributed by atoms with Crippen molar-refractivity contribution in [1.29, 1.82) is 0 Å². The number of carbonyl (C=O) groups is 2. The number of rotatable bonds is 50. The predicted octanol–water partition coefficient (Wildman–Crippen LogP) is 19.3. The van der Waals surface area contributed by atoms with E-state index in [1.54, 1.807) is 0 Å². The second-order valence-corrected chi connectivity index (χ2v) is 18.1. The number of carbonyl (C=O) groups excluding carboxylic acids is 2. The van der Waals surface area contributed by atoms with Gasteiger partial charge in [0.1, 0.15) is 6.61 Å². The van der Waals surface area contributed by atoms with Gasteiger partial charge in [-0.1, -0.05) is 245 Å². The van der Waals surface area contributed by atoms with Gasteiger partial charge in [0.15, 0.2) is 6.10 Å². The average Bonchev–Trinajstić information content (AvgIpc) is 3.34. The first-order valence-corrected chi connectivity index (χ1v) is 28.1. The molecule has 0 radical (unpaired) electrons. The van der Waals surface area contributed by atoms with Crippen molar-refractivity contribution < 1.29 is 23.8 Å². The molecule has 386 valence electrons. The van der Waals surface area contributed by atoms with E-state index in [9.17, 15) is 9.59 Å². The lowest BCUT2D eigenvalue weighted by atomic mass is 10.0. The molecule has 0 aromatic rings. The zero-order chi connectivity index (χ0) is 49.2. The second-order valence-electron chi connectivity index (χ2n) is 18.1. The van der Waals surface area contributed by atoms with Gasteiger partial charge in [-0.15, -0.1) is 0 Å². The normalized spacial score (nSPS) is 13.2. The van der Waals surface area contributed by atoms with E-state index in [4.69, 9.17) is 14.2 Å². The summed E-state index contributed by atoms with van der Waals surface area (Å²) in [7, 11) is 0. The Hall–Kier alpha value is -3.70. The Morgan fingerprint density at radius 2 is 0.676 bits per heavy atom. The SMILES string of the molecule is CC/C=C\C/C=C\C/C=C\C/C=C\C/C=C\CCCCCCOCC(COC(=O)CCC/C=C\C/C=C\C/C=C\C/C=C\C/C=C\CC)OC(=O)CCCCCCCCCCCCCCCCC. The summed E-state index contributed by atoms with van der Waals surface area (Å²) < 4.78 is 17.4. The number of unbranched alkanes of at least 4 members (excludes halogenated alkanes) is 19. The van der Waals surface area contributed by atoms with Crippen LogP contribution >= 0.6 is 0 Å². The van der Waals surface area contributed by atoms with Gasteiger partial charge in [0, 0.05) is 19.4 Å². The standard InChI is InChI=1S/C63H104O5/c1-4-7-10-13-16-19-22-25-28-30-31-32-34-37-40-43-46-49-52-55-58-66-59-61(68-63(65)57-54-51-48-45-42-39-35-27-24-21-18-15-12-9-6-3)60-67-62(64)56-53-50-47-44-41-38-36-33-29-26-23-20-17-14-11-8-5-2/h7-8,10-11,16-17,19-20,25-26,28-29,31-32,36-38,40,44,47,61H,4-6,9,12-15,18,21-24,27,30,33-35,39,41-43,45-46,48-60H2,1-3H3/b10-7-,11-8-,19-16-,20-17-,28-25-,29-26-,32-31-,38-36-,40-37-,47-44-. The topological polar surface area (TPSA) is 61.8 Å². The monoisotopic (exact) mass is 941 g/mol. The molecule has 1 atom stereocenters. The van der Waals surface area contributed by atoms with Gasteiger partial charge in [0.25, 0.3) is 0 Å². The molecule has 0 aliphatic rings. The van der Waals surface area contributed by atoms with Crippen LogP contribution in [0.25, 0.3) is 0 Å². The van der Waals surface area contributed by atoms with Crippen LogP contribution in [-0.4, -0.2) is 37.9 Å². The number of esters is 2. The van der Waals surface area contributed by atoms with Gasteiger partial charge in [-0.3, -0.25) is 9.59 Å². The lowest BCUT2D eigenvalue weighted by Crippen LogP contribution is -2.30. The summed E-state index contributed by atoms with van der Waals surface area (Å²) in [6.45, 7) is 7.49. The molecule has 0 N–H and O–H groups in total. The Morgan fingerprint density at radius 3 is 1.10 bits per heavy atom. The zero-order valence-corrected chi connectivity index (χ0v) is 44.3. The molecule has 5 nitrogen and oxygen atoms in total. The van der Waals surface area contributed by atoms with Crippen molar-refractivity contribution in [2.45, 2.75) is 245 Å². The highest BCUT2D eigenvalue weighted by molar-refractivity contribution is 5.70. The van der Waals surface area contributed by atoms with Crippen LogP contribution in [0.5, 0.6) is 0 Å². The molecule has 0 saturated heterocycles. The van der Waals surface area contributed by atoms with Crippen molar-refractivity contribution in [2.24, 2.45) is 0 Å². The molecule has 0 rings (SSSR count).